The Morgan fingerprint density at radius 3 is 2.73 bits per heavy atom. The number of hydrogen-bond acceptors (Lipinski definition) is 3. The topological polar surface area (TPSA) is 24.5 Å². The van der Waals surface area contributed by atoms with Crippen LogP contribution in [0.5, 0.6) is 0 Å². The largest absolute Gasteiger partial charge is 0.379 e. The van der Waals surface area contributed by atoms with E-state index in [1.807, 2.05) is 7.05 Å². The van der Waals surface area contributed by atoms with Gasteiger partial charge in [0.25, 0.3) is 0 Å². The smallest absolute Gasteiger partial charge is 0.0623 e. The first-order valence-corrected chi connectivity index (χ1v) is 4.13. The Labute approximate surface area is 68.7 Å². The van der Waals surface area contributed by atoms with Gasteiger partial charge in [-0.15, -0.1) is 0 Å². The molecule has 1 aliphatic heterocycles. The summed E-state index contributed by atoms with van der Waals surface area (Å²) in [4.78, 5) is 2.21. The zero-order valence-corrected chi connectivity index (χ0v) is 7.63. The Bertz CT molecular complexity index is 117. The molecule has 1 N–H and O–H groups in total. The minimum atomic E-state index is 0.553. The molecule has 0 saturated carbocycles. The van der Waals surface area contributed by atoms with Gasteiger partial charge in [0.15, 0.2) is 0 Å². The number of nitrogens with zero attached hydrogens (tertiary/aromatic N) is 1. The highest BCUT2D eigenvalue weighted by atomic mass is 16.5. The molecule has 1 saturated heterocycles. The second kappa shape index (κ2) is 4.04. The van der Waals surface area contributed by atoms with Gasteiger partial charge >= 0.3 is 0 Å². The van der Waals surface area contributed by atoms with E-state index in [0.29, 0.717) is 12.0 Å². The van der Waals surface area contributed by atoms with E-state index >= 15 is 0 Å². The van der Waals surface area contributed by atoms with E-state index in [-0.39, 0.29) is 0 Å². The first kappa shape index (κ1) is 8.97. The fraction of sp³-hybridized carbons (Fsp3) is 1.00. The summed E-state index contributed by atoms with van der Waals surface area (Å²) in [5, 5.41) is 3.27. The SMILES string of the molecule is CNC1COCC1CN(C)C. The number of rotatable bonds is 3. The van der Waals surface area contributed by atoms with Crippen molar-refractivity contribution in [1.82, 2.24) is 10.2 Å². The standard InChI is InChI=1S/C8H18N2O/c1-9-8-6-11-5-7(8)4-10(2)3/h7-9H,4-6H2,1-3H3. The zero-order chi connectivity index (χ0) is 8.27. The van der Waals surface area contributed by atoms with Gasteiger partial charge in [-0.1, -0.05) is 0 Å². The van der Waals surface area contributed by atoms with Crippen molar-refractivity contribution in [3.05, 3.63) is 0 Å². The lowest BCUT2D eigenvalue weighted by Gasteiger charge is -2.20. The molecule has 0 bridgehead atoms. The molecular formula is C8H18N2O. The van der Waals surface area contributed by atoms with E-state index in [9.17, 15) is 0 Å². The third kappa shape index (κ3) is 2.43. The van der Waals surface area contributed by atoms with Crippen LogP contribution >= 0.6 is 0 Å². The van der Waals surface area contributed by atoms with Crippen molar-refractivity contribution < 1.29 is 4.74 Å². The number of hydrogen-bond donors (Lipinski definition) is 1. The van der Waals surface area contributed by atoms with Gasteiger partial charge in [0.1, 0.15) is 0 Å². The van der Waals surface area contributed by atoms with Gasteiger partial charge < -0.3 is 15.0 Å². The van der Waals surface area contributed by atoms with Crippen molar-refractivity contribution in [2.75, 3.05) is 40.9 Å². The molecule has 1 rings (SSSR count). The maximum atomic E-state index is 5.37. The Kier molecular flexibility index (Phi) is 3.30. The minimum Gasteiger partial charge on any atom is -0.379 e. The molecule has 1 heterocycles. The molecular weight excluding hydrogens is 140 g/mol. The molecule has 0 aromatic carbocycles. The number of nitrogens with one attached hydrogen (secondary N) is 1. The van der Waals surface area contributed by atoms with Gasteiger partial charge in [0.05, 0.1) is 13.2 Å². The third-order valence-electron chi connectivity index (χ3n) is 2.17. The maximum absolute atomic E-state index is 5.37. The molecule has 0 aliphatic carbocycles. The molecule has 0 aromatic rings. The average molecular weight is 158 g/mol. The summed E-state index contributed by atoms with van der Waals surface area (Å²) in [6, 6.07) is 0.553. The lowest BCUT2D eigenvalue weighted by atomic mass is 10.0. The van der Waals surface area contributed by atoms with Crippen LogP contribution in [-0.4, -0.2) is 51.8 Å². The fourth-order valence-electron chi connectivity index (χ4n) is 1.57. The summed E-state index contributed by atoms with van der Waals surface area (Å²) >= 11 is 0. The molecule has 1 fully saturated rings. The summed E-state index contributed by atoms with van der Waals surface area (Å²) in [7, 11) is 6.21. The van der Waals surface area contributed by atoms with Crippen LogP contribution in [0.3, 0.4) is 0 Å². The van der Waals surface area contributed by atoms with Crippen molar-refractivity contribution in [2.24, 2.45) is 5.92 Å². The van der Waals surface area contributed by atoms with Crippen LogP contribution in [0.25, 0.3) is 0 Å². The number of likely N-dealkylation sites (N-methyl/N-ethyl adjacent to an activating group) is 1. The molecule has 1 aliphatic rings. The normalized spacial score (nSPS) is 31.6. The molecule has 66 valence electrons. The molecule has 0 spiro atoms. The van der Waals surface area contributed by atoms with Gasteiger partial charge in [0.2, 0.25) is 0 Å². The Morgan fingerprint density at radius 1 is 1.45 bits per heavy atom. The highest BCUT2D eigenvalue weighted by Gasteiger charge is 2.26. The van der Waals surface area contributed by atoms with Crippen LogP contribution in [0.2, 0.25) is 0 Å². The first-order valence-electron chi connectivity index (χ1n) is 4.13. The van der Waals surface area contributed by atoms with Crippen LogP contribution in [0.15, 0.2) is 0 Å². The van der Waals surface area contributed by atoms with Gasteiger partial charge in [-0.2, -0.15) is 0 Å². The molecule has 3 heteroatoms. The molecule has 0 aromatic heterocycles. The van der Waals surface area contributed by atoms with Crippen molar-refractivity contribution in [3.8, 4) is 0 Å². The van der Waals surface area contributed by atoms with Crippen LogP contribution < -0.4 is 5.32 Å². The van der Waals surface area contributed by atoms with Crippen LogP contribution in [-0.2, 0) is 4.74 Å². The third-order valence-corrected chi connectivity index (χ3v) is 2.17. The number of ether oxygens (including phenoxy) is 1. The summed E-state index contributed by atoms with van der Waals surface area (Å²) < 4.78 is 5.37. The fourth-order valence-corrected chi connectivity index (χ4v) is 1.57. The molecule has 11 heavy (non-hydrogen) atoms. The Hall–Kier alpha value is -0.120. The van der Waals surface area contributed by atoms with Crippen molar-refractivity contribution in [2.45, 2.75) is 6.04 Å². The van der Waals surface area contributed by atoms with Gasteiger partial charge in [-0.05, 0) is 21.1 Å². The van der Waals surface area contributed by atoms with Crippen molar-refractivity contribution >= 4 is 0 Å². The van der Waals surface area contributed by atoms with E-state index < -0.39 is 0 Å². The quantitative estimate of drug-likeness (QED) is 0.614. The molecule has 0 amide bonds. The minimum absolute atomic E-state index is 0.553. The van der Waals surface area contributed by atoms with E-state index in [1.165, 1.54) is 0 Å². The average Bonchev–Trinajstić information content (AvgIpc) is 2.34. The van der Waals surface area contributed by atoms with Gasteiger partial charge in [-0.25, -0.2) is 0 Å². The predicted molar refractivity (Wildman–Crippen MR) is 45.7 cm³/mol. The summed E-state index contributed by atoms with van der Waals surface area (Å²) in [5.41, 5.74) is 0. The van der Waals surface area contributed by atoms with E-state index in [2.05, 4.69) is 24.3 Å². The highest BCUT2D eigenvalue weighted by Crippen LogP contribution is 2.13. The monoisotopic (exact) mass is 158 g/mol. The van der Waals surface area contributed by atoms with Gasteiger partial charge in [0, 0.05) is 18.5 Å². The van der Waals surface area contributed by atoms with E-state index in [1.54, 1.807) is 0 Å². The zero-order valence-electron chi connectivity index (χ0n) is 7.63. The van der Waals surface area contributed by atoms with Crippen molar-refractivity contribution in [3.63, 3.8) is 0 Å². The Balaban J connectivity index is 2.31. The first-order chi connectivity index (χ1) is 5.24. The van der Waals surface area contributed by atoms with Crippen LogP contribution in [0, 0.1) is 5.92 Å². The Morgan fingerprint density at radius 2 is 2.18 bits per heavy atom. The molecule has 2 unspecified atom stereocenters. The molecule has 0 radical (unpaired) electrons. The van der Waals surface area contributed by atoms with Gasteiger partial charge in [-0.3, -0.25) is 0 Å². The predicted octanol–water partition coefficient (Wildman–Crippen LogP) is -0.218. The van der Waals surface area contributed by atoms with E-state index in [4.69, 9.17) is 4.74 Å². The lowest BCUT2D eigenvalue weighted by Crippen LogP contribution is -2.37. The highest BCUT2D eigenvalue weighted by molar-refractivity contribution is 4.81. The second-order valence-corrected chi connectivity index (χ2v) is 3.45. The molecule has 2 atom stereocenters. The van der Waals surface area contributed by atoms with Crippen LogP contribution in [0.1, 0.15) is 0 Å². The lowest BCUT2D eigenvalue weighted by molar-refractivity contribution is 0.177. The maximum Gasteiger partial charge on any atom is 0.0623 e. The van der Waals surface area contributed by atoms with Crippen LogP contribution in [0.4, 0.5) is 0 Å². The van der Waals surface area contributed by atoms with Crippen molar-refractivity contribution in [1.29, 1.82) is 0 Å². The second-order valence-electron chi connectivity index (χ2n) is 3.45. The molecule has 3 nitrogen and oxygen atoms in total. The van der Waals surface area contributed by atoms with E-state index in [0.717, 1.165) is 19.8 Å². The summed E-state index contributed by atoms with van der Waals surface area (Å²) in [6.45, 7) is 2.89. The summed E-state index contributed by atoms with van der Waals surface area (Å²) in [6.07, 6.45) is 0. The summed E-state index contributed by atoms with van der Waals surface area (Å²) in [5.74, 6) is 0.662.